The standard InChI is InChI=1S/C21H27NO4S/c1-5-16-7-11-18(12-8-16)26-20(6-2)21(23)22-15(3)17-9-13-19(14-10-17)27(4,24)25/h7-15,20H,5-6H2,1-4H3,(H,22,23)/t15-,20-/m1/s1. The zero-order valence-electron chi connectivity index (χ0n) is 16.2. The molecule has 0 aromatic heterocycles. The van der Waals surface area contributed by atoms with Crippen molar-refractivity contribution in [2.75, 3.05) is 6.26 Å². The number of ether oxygens (including phenoxy) is 1. The van der Waals surface area contributed by atoms with E-state index in [9.17, 15) is 13.2 Å². The van der Waals surface area contributed by atoms with Crippen molar-refractivity contribution in [2.45, 2.75) is 50.7 Å². The maximum atomic E-state index is 12.6. The number of benzene rings is 2. The van der Waals surface area contributed by atoms with Crippen LogP contribution < -0.4 is 10.1 Å². The van der Waals surface area contributed by atoms with Gasteiger partial charge in [0.25, 0.3) is 5.91 Å². The number of amides is 1. The second-order valence-electron chi connectivity index (χ2n) is 6.58. The molecule has 27 heavy (non-hydrogen) atoms. The minimum atomic E-state index is -3.23. The van der Waals surface area contributed by atoms with E-state index in [-0.39, 0.29) is 16.8 Å². The molecule has 0 saturated heterocycles. The van der Waals surface area contributed by atoms with E-state index >= 15 is 0 Å². The lowest BCUT2D eigenvalue weighted by Gasteiger charge is -2.21. The number of hydrogen-bond acceptors (Lipinski definition) is 4. The van der Waals surface area contributed by atoms with E-state index in [2.05, 4.69) is 12.2 Å². The van der Waals surface area contributed by atoms with Gasteiger partial charge in [0.15, 0.2) is 15.9 Å². The van der Waals surface area contributed by atoms with Crippen LogP contribution in [0.4, 0.5) is 0 Å². The second kappa shape index (κ2) is 9.04. The molecule has 0 saturated carbocycles. The molecule has 2 aromatic carbocycles. The molecule has 0 aliphatic rings. The normalized spacial score (nSPS) is 13.6. The first-order valence-corrected chi connectivity index (χ1v) is 11.0. The molecule has 0 fully saturated rings. The maximum absolute atomic E-state index is 12.6. The Kier molecular flexibility index (Phi) is 7.02. The molecule has 0 aliphatic carbocycles. The summed E-state index contributed by atoms with van der Waals surface area (Å²) in [6.07, 6.45) is 2.08. The van der Waals surface area contributed by atoms with Gasteiger partial charge in [0.05, 0.1) is 10.9 Å². The van der Waals surface area contributed by atoms with Crippen LogP contribution >= 0.6 is 0 Å². The van der Waals surface area contributed by atoms with Crippen molar-refractivity contribution in [1.82, 2.24) is 5.32 Å². The molecule has 0 radical (unpaired) electrons. The van der Waals surface area contributed by atoms with E-state index in [0.717, 1.165) is 12.0 Å². The summed E-state index contributed by atoms with van der Waals surface area (Å²) in [4.78, 5) is 12.8. The van der Waals surface area contributed by atoms with Gasteiger partial charge in [0.1, 0.15) is 5.75 Å². The molecule has 1 amide bonds. The first-order valence-electron chi connectivity index (χ1n) is 9.10. The Morgan fingerprint density at radius 3 is 2.11 bits per heavy atom. The van der Waals surface area contributed by atoms with Crippen molar-refractivity contribution in [1.29, 1.82) is 0 Å². The summed E-state index contributed by atoms with van der Waals surface area (Å²) in [7, 11) is -3.23. The lowest BCUT2D eigenvalue weighted by molar-refractivity contribution is -0.128. The molecule has 1 N–H and O–H groups in total. The first kappa shape index (κ1) is 21.0. The second-order valence-corrected chi connectivity index (χ2v) is 8.60. The quantitative estimate of drug-likeness (QED) is 0.747. The molecular weight excluding hydrogens is 362 g/mol. The molecule has 6 heteroatoms. The molecule has 0 aliphatic heterocycles. The third-order valence-corrected chi connectivity index (χ3v) is 5.57. The summed E-state index contributed by atoms with van der Waals surface area (Å²) in [5.41, 5.74) is 2.05. The average Bonchev–Trinajstić information content (AvgIpc) is 2.65. The highest BCUT2D eigenvalue weighted by Gasteiger charge is 2.21. The lowest BCUT2D eigenvalue weighted by atomic mass is 10.1. The average molecular weight is 390 g/mol. The van der Waals surface area contributed by atoms with Crippen molar-refractivity contribution < 1.29 is 17.9 Å². The topological polar surface area (TPSA) is 72.5 Å². The summed E-state index contributed by atoms with van der Waals surface area (Å²) < 4.78 is 28.9. The van der Waals surface area contributed by atoms with Gasteiger partial charge in [-0.25, -0.2) is 8.42 Å². The first-order chi connectivity index (χ1) is 12.7. The smallest absolute Gasteiger partial charge is 0.261 e. The number of nitrogens with one attached hydrogen (secondary N) is 1. The number of carbonyl (C=O) groups excluding carboxylic acids is 1. The number of rotatable bonds is 8. The molecule has 0 heterocycles. The van der Waals surface area contributed by atoms with Gasteiger partial charge in [0, 0.05) is 6.26 Å². The highest BCUT2D eigenvalue weighted by atomic mass is 32.2. The van der Waals surface area contributed by atoms with Crippen LogP contribution in [0.25, 0.3) is 0 Å². The third kappa shape index (κ3) is 5.82. The van der Waals surface area contributed by atoms with Crippen LogP contribution in [0.1, 0.15) is 44.4 Å². The van der Waals surface area contributed by atoms with Gasteiger partial charge in [-0.15, -0.1) is 0 Å². The van der Waals surface area contributed by atoms with Gasteiger partial charge in [0.2, 0.25) is 0 Å². The molecule has 2 aromatic rings. The van der Waals surface area contributed by atoms with E-state index in [4.69, 9.17) is 4.74 Å². The van der Waals surface area contributed by atoms with Crippen LogP contribution in [0, 0.1) is 0 Å². The molecule has 0 spiro atoms. The number of carbonyl (C=O) groups is 1. The van der Waals surface area contributed by atoms with Gasteiger partial charge >= 0.3 is 0 Å². The highest BCUT2D eigenvalue weighted by Crippen LogP contribution is 2.18. The van der Waals surface area contributed by atoms with Crippen LogP contribution in [-0.4, -0.2) is 26.7 Å². The molecule has 2 rings (SSSR count). The molecule has 146 valence electrons. The zero-order chi connectivity index (χ0) is 20.0. The van der Waals surface area contributed by atoms with Crippen molar-refractivity contribution in [3.05, 3.63) is 59.7 Å². The van der Waals surface area contributed by atoms with E-state index in [1.807, 2.05) is 38.1 Å². The monoisotopic (exact) mass is 389 g/mol. The minimum Gasteiger partial charge on any atom is -0.481 e. The third-order valence-electron chi connectivity index (χ3n) is 4.44. The number of hydrogen-bond donors (Lipinski definition) is 1. The predicted octanol–water partition coefficient (Wildman–Crippen LogP) is 3.69. The Morgan fingerprint density at radius 1 is 1.04 bits per heavy atom. The van der Waals surface area contributed by atoms with Gasteiger partial charge in [-0.3, -0.25) is 4.79 Å². The van der Waals surface area contributed by atoms with E-state index in [1.54, 1.807) is 24.3 Å². The van der Waals surface area contributed by atoms with Crippen molar-refractivity contribution in [3.8, 4) is 5.75 Å². The summed E-state index contributed by atoms with van der Waals surface area (Å²) in [5.74, 6) is 0.469. The Bertz CT molecular complexity index is 858. The SMILES string of the molecule is CCc1ccc(O[C@H](CC)C(=O)N[C@H](C)c2ccc(S(C)(=O)=O)cc2)cc1. The number of aryl methyl sites for hydroxylation is 1. The fourth-order valence-electron chi connectivity index (χ4n) is 2.68. The fourth-order valence-corrected chi connectivity index (χ4v) is 3.31. The highest BCUT2D eigenvalue weighted by molar-refractivity contribution is 7.90. The summed E-state index contributed by atoms with van der Waals surface area (Å²) >= 11 is 0. The van der Waals surface area contributed by atoms with Gasteiger partial charge in [-0.1, -0.05) is 38.1 Å². The van der Waals surface area contributed by atoms with E-state index in [0.29, 0.717) is 12.2 Å². The van der Waals surface area contributed by atoms with E-state index in [1.165, 1.54) is 11.8 Å². The van der Waals surface area contributed by atoms with E-state index < -0.39 is 15.9 Å². The Morgan fingerprint density at radius 2 is 1.63 bits per heavy atom. The lowest BCUT2D eigenvalue weighted by Crippen LogP contribution is -2.39. The van der Waals surface area contributed by atoms with Crippen molar-refractivity contribution in [3.63, 3.8) is 0 Å². The van der Waals surface area contributed by atoms with Gasteiger partial charge in [-0.2, -0.15) is 0 Å². The summed E-state index contributed by atoms with van der Waals surface area (Å²) in [5, 5.41) is 2.93. The molecular formula is C21H27NO4S. The van der Waals surface area contributed by atoms with Gasteiger partial charge < -0.3 is 10.1 Å². The zero-order valence-corrected chi connectivity index (χ0v) is 17.0. The maximum Gasteiger partial charge on any atom is 0.261 e. The largest absolute Gasteiger partial charge is 0.481 e. The predicted molar refractivity (Wildman–Crippen MR) is 107 cm³/mol. The fraction of sp³-hybridized carbons (Fsp3) is 0.381. The van der Waals surface area contributed by atoms with Gasteiger partial charge in [-0.05, 0) is 55.2 Å². The Hall–Kier alpha value is -2.34. The van der Waals surface area contributed by atoms with Crippen LogP contribution in [0.5, 0.6) is 5.75 Å². The molecule has 2 atom stereocenters. The summed E-state index contributed by atoms with van der Waals surface area (Å²) in [6.45, 7) is 5.84. The molecule has 0 bridgehead atoms. The van der Waals surface area contributed by atoms with Crippen molar-refractivity contribution >= 4 is 15.7 Å². The number of sulfone groups is 1. The Labute approximate surface area is 161 Å². The van der Waals surface area contributed by atoms with Crippen molar-refractivity contribution in [2.24, 2.45) is 0 Å². The van der Waals surface area contributed by atoms with Crippen LogP contribution in [0.3, 0.4) is 0 Å². The van der Waals surface area contributed by atoms with Crippen LogP contribution in [-0.2, 0) is 21.1 Å². The molecule has 0 unspecified atom stereocenters. The minimum absolute atomic E-state index is 0.197. The summed E-state index contributed by atoms with van der Waals surface area (Å²) in [6, 6.07) is 14.0. The Balaban J connectivity index is 2.02. The molecule has 5 nitrogen and oxygen atoms in total. The van der Waals surface area contributed by atoms with Crippen LogP contribution in [0.15, 0.2) is 53.4 Å². The van der Waals surface area contributed by atoms with Crippen LogP contribution in [0.2, 0.25) is 0 Å².